The molecule has 3 N–H and O–H groups in total. The van der Waals surface area contributed by atoms with Crippen molar-refractivity contribution >= 4 is 11.7 Å². The molecule has 0 aromatic heterocycles. The molecule has 0 heterocycles. The van der Waals surface area contributed by atoms with Crippen LogP contribution in [-0.2, 0) is 0 Å². The fourth-order valence-electron chi connectivity index (χ4n) is 1.40. The summed E-state index contributed by atoms with van der Waals surface area (Å²) in [5, 5.41) is 8.85. The van der Waals surface area contributed by atoms with Gasteiger partial charge < -0.3 is 15.6 Å². The number of nitrogen functional groups attached to an aromatic ring is 1. The van der Waals surface area contributed by atoms with Crippen LogP contribution < -0.4 is 10.5 Å². The van der Waals surface area contributed by atoms with Crippen LogP contribution in [0.25, 0.3) is 0 Å². The van der Waals surface area contributed by atoms with Crippen molar-refractivity contribution in [1.29, 1.82) is 0 Å². The molecule has 1 rings (SSSR count). The highest BCUT2D eigenvalue weighted by Crippen LogP contribution is 2.25. The Morgan fingerprint density at radius 3 is 2.56 bits per heavy atom. The summed E-state index contributed by atoms with van der Waals surface area (Å²) >= 11 is 0. The lowest BCUT2D eigenvalue weighted by molar-refractivity contribution is 0.0696. The Morgan fingerprint density at radius 1 is 1.44 bits per heavy atom. The molecule has 1 aromatic rings. The highest BCUT2D eigenvalue weighted by molar-refractivity contribution is 5.89. The summed E-state index contributed by atoms with van der Waals surface area (Å²) in [7, 11) is 0. The van der Waals surface area contributed by atoms with Crippen LogP contribution in [0.15, 0.2) is 18.2 Å². The van der Waals surface area contributed by atoms with Crippen molar-refractivity contribution in [2.75, 3.05) is 5.73 Å². The van der Waals surface area contributed by atoms with Crippen molar-refractivity contribution in [2.45, 2.75) is 32.8 Å². The van der Waals surface area contributed by atoms with Gasteiger partial charge >= 0.3 is 5.97 Å². The van der Waals surface area contributed by atoms with Gasteiger partial charge in [0.25, 0.3) is 0 Å². The summed E-state index contributed by atoms with van der Waals surface area (Å²) in [6.07, 6.45) is 1.81. The summed E-state index contributed by atoms with van der Waals surface area (Å²) in [6, 6.07) is 4.49. The van der Waals surface area contributed by atoms with E-state index >= 15 is 0 Å². The van der Waals surface area contributed by atoms with Gasteiger partial charge in [0, 0.05) is 0 Å². The molecule has 0 aliphatic heterocycles. The maximum absolute atomic E-state index is 10.8. The van der Waals surface area contributed by atoms with Crippen LogP contribution >= 0.6 is 0 Å². The van der Waals surface area contributed by atoms with E-state index in [-0.39, 0.29) is 11.7 Å². The van der Waals surface area contributed by atoms with Gasteiger partial charge in [-0.2, -0.15) is 0 Å². The second kappa shape index (κ2) is 5.39. The number of aromatic carboxylic acids is 1. The molecule has 88 valence electrons. The van der Waals surface area contributed by atoms with Crippen molar-refractivity contribution < 1.29 is 14.6 Å². The number of carboxylic acids is 1. The van der Waals surface area contributed by atoms with E-state index in [0.717, 1.165) is 12.8 Å². The fourth-order valence-corrected chi connectivity index (χ4v) is 1.40. The molecule has 0 amide bonds. The number of benzene rings is 1. The summed E-state index contributed by atoms with van der Waals surface area (Å²) in [5.41, 5.74) is 6.39. The largest absolute Gasteiger partial charge is 0.488 e. The number of carbonyl (C=O) groups is 1. The van der Waals surface area contributed by atoms with E-state index in [1.54, 1.807) is 6.07 Å². The first-order valence-corrected chi connectivity index (χ1v) is 5.37. The third kappa shape index (κ3) is 2.89. The molecule has 0 fully saturated rings. The SMILES string of the molecule is CCC(CC)Oc1cc(C(=O)O)ccc1N. The lowest BCUT2D eigenvalue weighted by atomic mass is 10.1. The zero-order valence-electron chi connectivity index (χ0n) is 9.56. The Bertz CT molecular complexity index is 373. The Balaban J connectivity index is 2.93. The lowest BCUT2D eigenvalue weighted by Gasteiger charge is -2.17. The molecule has 16 heavy (non-hydrogen) atoms. The topological polar surface area (TPSA) is 72.5 Å². The van der Waals surface area contributed by atoms with E-state index in [1.165, 1.54) is 12.1 Å². The Kier molecular flexibility index (Phi) is 4.17. The van der Waals surface area contributed by atoms with Gasteiger partial charge in [0.05, 0.1) is 17.4 Å². The predicted molar refractivity (Wildman–Crippen MR) is 62.8 cm³/mol. The first-order chi connectivity index (χ1) is 7.58. The summed E-state index contributed by atoms with van der Waals surface area (Å²) in [4.78, 5) is 10.8. The zero-order valence-corrected chi connectivity index (χ0v) is 9.56. The molecule has 4 heteroatoms. The molecule has 0 saturated heterocycles. The molecule has 0 aliphatic carbocycles. The number of ether oxygens (including phenoxy) is 1. The third-order valence-electron chi connectivity index (χ3n) is 2.46. The molecule has 0 radical (unpaired) electrons. The first kappa shape index (κ1) is 12.4. The van der Waals surface area contributed by atoms with Gasteiger partial charge in [-0.15, -0.1) is 0 Å². The summed E-state index contributed by atoms with van der Waals surface area (Å²) < 4.78 is 5.65. The van der Waals surface area contributed by atoms with Crippen LogP contribution in [0.3, 0.4) is 0 Å². The van der Waals surface area contributed by atoms with Crippen LogP contribution in [0.2, 0.25) is 0 Å². The molecule has 0 unspecified atom stereocenters. The molecule has 0 spiro atoms. The standard InChI is InChI=1S/C12H17NO3/c1-3-9(4-2)16-11-7-8(12(14)15)5-6-10(11)13/h5-7,9H,3-4,13H2,1-2H3,(H,14,15). The zero-order chi connectivity index (χ0) is 12.1. The molecule has 0 saturated carbocycles. The normalized spacial score (nSPS) is 10.4. The van der Waals surface area contributed by atoms with E-state index in [9.17, 15) is 4.79 Å². The predicted octanol–water partition coefficient (Wildman–Crippen LogP) is 2.53. The van der Waals surface area contributed by atoms with E-state index in [4.69, 9.17) is 15.6 Å². The van der Waals surface area contributed by atoms with E-state index in [1.807, 2.05) is 13.8 Å². The minimum Gasteiger partial charge on any atom is -0.488 e. The fraction of sp³-hybridized carbons (Fsp3) is 0.417. The second-order valence-electron chi connectivity index (χ2n) is 3.61. The van der Waals surface area contributed by atoms with Gasteiger partial charge in [-0.05, 0) is 31.0 Å². The van der Waals surface area contributed by atoms with Crippen molar-refractivity contribution in [3.63, 3.8) is 0 Å². The van der Waals surface area contributed by atoms with E-state index in [2.05, 4.69) is 0 Å². The van der Waals surface area contributed by atoms with Gasteiger partial charge in [-0.3, -0.25) is 0 Å². The number of rotatable bonds is 5. The Labute approximate surface area is 95.0 Å². The monoisotopic (exact) mass is 223 g/mol. The minimum absolute atomic E-state index is 0.0753. The second-order valence-corrected chi connectivity index (χ2v) is 3.61. The third-order valence-corrected chi connectivity index (χ3v) is 2.46. The van der Waals surface area contributed by atoms with Crippen LogP contribution in [0.4, 0.5) is 5.69 Å². The highest BCUT2D eigenvalue weighted by atomic mass is 16.5. The molecule has 4 nitrogen and oxygen atoms in total. The highest BCUT2D eigenvalue weighted by Gasteiger charge is 2.11. The maximum Gasteiger partial charge on any atom is 0.335 e. The van der Waals surface area contributed by atoms with Gasteiger partial charge in [-0.25, -0.2) is 4.79 Å². The molecular formula is C12H17NO3. The van der Waals surface area contributed by atoms with Gasteiger partial charge in [0.2, 0.25) is 0 Å². The number of hydrogen-bond acceptors (Lipinski definition) is 3. The van der Waals surface area contributed by atoms with E-state index < -0.39 is 5.97 Å². The van der Waals surface area contributed by atoms with E-state index in [0.29, 0.717) is 11.4 Å². The minimum atomic E-state index is -0.977. The molecule has 0 bridgehead atoms. The first-order valence-electron chi connectivity index (χ1n) is 5.37. The van der Waals surface area contributed by atoms with Crippen molar-refractivity contribution in [2.24, 2.45) is 0 Å². The quantitative estimate of drug-likeness (QED) is 0.752. The van der Waals surface area contributed by atoms with Crippen LogP contribution in [-0.4, -0.2) is 17.2 Å². The van der Waals surface area contributed by atoms with Gasteiger partial charge in [0.1, 0.15) is 5.75 Å². The molecular weight excluding hydrogens is 206 g/mol. The number of carboxylic acid groups (broad SMARTS) is 1. The van der Waals surface area contributed by atoms with Gasteiger partial charge in [0.15, 0.2) is 0 Å². The van der Waals surface area contributed by atoms with Crippen molar-refractivity contribution in [1.82, 2.24) is 0 Å². The molecule has 0 atom stereocenters. The molecule has 1 aromatic carbocycles. The smallest absolute Gasteiger partial charge is 0.335 e. The Hall–Kier alpha value is -1.71. The van der Waals surface area contributed by atoms with Crippen molar-refractivity contribution in [3.05, 3.63) is 23.8 Å². The lowest BCUT2D eigenvalue weighted by Crippen LogP contribution is -2.15. The van der Waals surface area contributed by atoms with Crippen LogP contribution in [0.1, 0.15) is 37.0 Å². The maximum atomic E-state index is 10.8. The van der Waals surface area contributed by atoms with Crippen LogP contribution in [0.5, 0.6) is 5.75 Å². The van der Waals surface area contributed by atoms with Crippen LogP contribution in [0, 0.1) is 0 Å². The van der Waals surface area contributed by atoms with Crippen molar-refractivity contribution in [3.8, 4) is 5.75 Å². The average Bonchev–Trinajstić information content (AvgIpc) is 2.27. The summed E-state index contributed by atoms with van der Waals surface area (Å²) in [6.45, 7) is 4.04. The van der Waals surface area contributed by atoms with Gasteiger partial charge in [-0.1, -0.05) is 13.8 Å². The number of hydrogen-bond donors (Lipinski definition) is 2. The molecule has 0 aliphatic rings. The Morgan fingerprint density at radius 2 is 2.06 bits per heavy atom. The summed E-state index contributed by atoms with van der Waals surface area (Å²) in [5.74, 6) is -0.525. The number of anilines is 1. The average molecular weight is 223 g/mol. The number of nitrogens with two attached hydrogens (primary N) is 1.